The molecular weight excluding hydrogens is 613 g/mol. The fraction of sp³-hybridized carbons (Fsp3) is 0.667. The second-order valence-electron chi connectivity index (χ2n) is 7.58. The van der Waals surface area contributed by atoms with Gasteiger partial charge in [0.05, 0.1) is 11.5 Å². The number of benzene rings is 1. The Morgan fingerprint density at radius 3 is 1.56 bits per heavy atom. The minimum Gasteiger partial charge on any atom is -0.266 e. The van der Waals surface area contributed by atoms with Gasteiger partial charge in [-0.1, -0.05) is 17.7 Å². The van der Waals surface area contributed by atoms with Crippen molar-refractivity contribution in [1.29, 1.82) is 0 Å². The molecular formula is C18H15F15O5S. The highest BCUT2D eigenvalue weighted by atomic mass is 32.2. The smallest absolute Gasteiger partial charge is 0.266 e. The van der Waals surface area contributed by atoms with Gasteiger partial charge in [0.15, 0.2) is 0 Å². The van der Waals surface area contributed by atoms with Crippen molar-refractivity contribution >= 4 is 10.1 Å². The van der Waals surface area contributed by atoms with Crippen molar-refractivity contribution in [3.63, 3.8) is 0 Å². The number of alkyl halides is 15. The van der Waals surface area contributed by atoms with E-state index in [-0.39, 0.29) is 4.90 Å². The van der Waals surface area contributed by atoms with Gasteiger partial charge in [-0.25, -0.2) is 9.47 Å². The lowest BCUT2D eigenvalue weighted by Crippen LogP contribution is -2.64. The van der Waals surface area contributed by atoms with E-state index in [4.69, 9.17) is 0 Å². The Balaban J connectivity index is 2.82. The SMILES string of the molecule is Cc1ccc(S(=O)(=O)OCCCCC(F)(F)OC(F)(F)C(F)(F)OC(F)(F)C(F)(F)C(F)(F)C(F)(F)F)cc1. The van der Waals surface area contributed by atoms with E-state index in [1.165, 1.54) is 16.9 Å². The third-order valence-electron chi connectivity index (χ3n) is 4.40. The van der Waals surface area contributed by atoms with Crippen molar-refractivity contribution in [3.05, 3.63) is 29.8 Å². The number of aryl methyl sites for hydroxylation is 1. The molecule has 1 aromatic rings. The molecule has 1 rings (SSSR count). The minimum atomic E-state index is -7.93. The van der Waals surface area contributed by atoms with Gasteiger partial charge in [-0.05, 0) is 31.9 Å². The van der Waals surface area contributed by atoms with Gasteiger partial charge in [-0.15, -0.1) is 0 Å². The third-order valence-corrected chi connectivity index (χ3v) is 5.73. The van der Waals surface area contributed by atoms with E-state index in [2.05, 4.69) is 8.92 Å². The van der Waals surface area contributed by atoms with E-state index in [1.54, 1.807) is 6.92 Å². The van der Waals surface area contributed by atoms with Gasteiger partial charge in [0.1, 0.15) is 0 Å². The number of hydrogen-bond donors (Lipinski definition) is 0. The highest BCUT2D eigenvalue weighted by molar-refractivity contribution is 7.86. The summed E-state index contributed by atoms with van der Waals surface area (Å²) in [6.07, 6.45) is -38.7. The van der Waals surface area contributed by atoms with E-state index in [0.717, 1.165) is 12.1 Å². The maximum atomic E-state index is 13.6. The molecule has 228 valence electrons. The van der Waals surface area contributed by atoms with Crippen LogP contribution in [-0.2, 0) is 23.8 Å². The number of ether oxygens (including phenoxy) is 2. The van der Waals surface area contributed by atoms with Crippen molar-refractivity contribution < 1.29 is 87.9 Å². The van der Waals surface area contributed by atoms with Crippen LogP contribution in [0.5, 0.6) is 0 Å². The van der Waals surface area contributed by atoms with Gasteiger partial charge in [0.25, 0.3) is 10.1 Å². The predicted molar refractivity (Wildman–Crippen MR) is 96.1 cm³/mol. The van der Waals surface area contributed by atoms with Crippen LogP contribution in [0.1, 0.15) is 24.8 Å². The van der Waals surface area contributed by atoms with Gasteiger partial charge < -0.3 is 0 Å². The van der Waals surface area contributed by atoms with Crippen LogP contribution in [0.15, 0.2) is 29.2 Å². The molecule has 1 aromatic carbocycles. The average Bonchev–Trinajstić information content (AvgIpc) is 2.70. The summed E-state index contributed by atoms with van der Waals surface area (Å²) in [5.74, 6) is -15.7. The van der Waals surface area contributed by atoms with Gasteiger partial charge in [-0.3, -0.25) is 4.18 Å². The number of hydrogen-bond acceptors (Lipinski definition) is 5. The molecule has 0 aliphatic heterocycles. The number of halogens is 15. The molecule has 0 bridgehead atoms. The Bertz CT molecular complexity index is 1070. The molecule has 0 saturated heterocycles. The maximum Gasteiger partial charge on any atom is 0.460 e. The van der Waals surface area contributed by atoms with Crippen LogP contribution in [-0.4, -0.2) is 57.5 Å². The lowest BCUT2D eigenvalue weighted by atomic mass is 10.1. The molecule has 0 unspecified atom stereocenters. The van der Waals surface area contributed by atoms with Crippen molar-refractivity contribution in [1.82, 2.24) is 0 Å². The number of unbranched alkanes of at least 4 members (excludes halogenated alkanes) is 1. The second-order valence-corrected chi connectivity index (χ2v) is 9.20. The van der Waals surface area contributed by atoms with Crippen molar-refractivity contribution in [2.45, 2.75) is 73.5 Å². The molecule has 0 N–H and O–H groups in total. The molecule has 0 radical (unpaired) electrons. The summed E-state index contributed by atoms with van der Waals surface area (Å²) in [7, 11) is -4.40. The molecule has 0 aromatic heterocycles. The molecule has 0 fully saturated rings. The van der Waals surface area contributed by atoms with Gasteiger partial charge in [-0.2, -0.15) is 74.3 Å². The molecule has 0 saturated carbocycles. The Hall–Kier alpha value is -2.00. The van der Waals surface area contributed by atoms with E-state index in [1.807, 2.05) is 0 Å². The normalized spacial score (nSPS) is 15.1. The van der Waals surface area contributed by atoms with Crippen molar-refractivity contribution in [2.75, 3.05) is 6.61 Å². The Morgan fingerprint density at radius 1 is 0.641 bits per heavy atom. The zero-order valence-electron chi connectivity index (χ0n) is 18.8. The summed E-state index contributed by atoms with van der Waals surface area (Å²) in [5, 5.41) is 0. The first kappa shape index (κ1) is 35.0. The summed E-state index contributed by atoms with van der Waals surface area (Å²) in [4.78, 5) is -0.362. The van der Waals surface area contributed by atoms with Crippen molar-refractivity contribution in [3.8, 4) is 0 Å². The maximum absolute atomic E-state index is 13.6. The van der Waals surface area contributed by atoms with Crippen LogP contribution in [0.4, 0.5) is 65.9 Å². The lowest BCUT2D eigenvalue weighted by molar-refractivity contribution is -0.542. The van der Waals surface area contributed by atoms with E-state index < -0.39 is 78.4 Å². The standard InChI is InChI=1S/C18H15F15O5S/c1-10-4-6-11(7-5-10)39(34,35)36-9-3-2-8-12(19,20)37-17(30,31)18(32,33)38-16(28,29)14(23,24)13(21,22)15(25,26)27/h4-7H,2-3,8-9H2,1H3. The Kier molecular flexibility index (Phi) is 9.98. The summed E-state index contributed by atoms with van der Waals surface area (Å²) in [6, 6.07) is 4.96. The second kappa shape index (κ2) is 11.1. The monoisotopic (exact) mass is 628 g/mol. The fourth-order valence-electron chi connectivity index (χ4n) is 2.32. The summed E-state index contributed by atoms with van der Waals surface area (Å²) in [5.41, 5.74) is 0.653. The van der Waals surface area contributed by atoms with Crippen LogP contribution in [0.2, 0.25) is 0 Å². The predicted octanol–water partition coefficient (Wildman–Crippen LogP) is 7.11. The zero-order chi connectivity index (χ0) is 30.9. The topological polar surface area (TPSA) is 61.8 Å². The number of rotatable bonds is 14. The summed E-state index contributed by atoms with van der Waals surface area (Å²) in [6.45, 7) is 0.745. The van der Waals surface area contributed by atoms with Crippen molar-refractivity contribution in [2.24, 2.45) is 0 Å². The lowest BCUT2D eigenvalue weighted by Gasteiger charge is -2.36. The van der Waals surface area contributed by atoms with Crippen LogP contribution >= 0.6 is 0 Å². The summed E-state index contributed by atoms with van der Waals surface area (Å²) < 4.78 is 226. The molecule has 0 atom stereocenters. The van der Waals surface area contributed by atoms with E-state index in [0.29, 0.717) is 5.56 Å². The highest BCUT2D eigenvalue weighted by Crippen LogP contribution is 2.56. The molecule has 5 nitrogen and oxygen atoms in total. The third kappa shape index (κ3) is 8.03. The average molecular weight is 628 g/mol. The van der Waals surface area contributed by atoms with E-state index in [9.17, 15) is 74.3 Å². The van der Waals surface area contributed by atoms with Gasteiger partial charge >= 0.3 is 42.5 Å². The Labute approximate surface area is 208 Å². The van der Waals surface area contributed by atoms with Crippen LogP contribution in [0.3, 0.4) is 0 Å². The van der Waals surface area contributed by atoms with Gasteiger partial charge in [0, 0.05) is 6.42 Å². The first-order valence-corrected chi connectivity index (χ1v) is 11.2. The van der Waals surface area contributed by atoms with Crippen LogP contribution < -0.4 is 0 Å². The molecule has 0 spiro atoms. The zero-order valence-corrected chi connectivity index (χ0v) is 19.6. The Morgan fingerprint density at radius 2 is 1.10 bits per heavy atom. The molecule has 0 aliphatic carbocycles. The first-order valence-electron chi connectivity index (χ1n) is 9.82. The molecule has 21 heteroatoms. The molecule has 39 heavy (non-hydrogen) atoms. The van der Waals surface area contributed by atoms with Gasteiger partial charge in [0.2, 0.25) is 0 Å². The first-order chi connectivity index (χ1) is 17.1. The van der Waals surface area contributed by atoms with Crippen LogP contribution in [0, 0.1) is 6.92 Å². The molecule has 0 aliphatic rings. The minimum absolute atomic E-state index is 0.362. The van der Waals surface area contributed by atoms with E-state index >= 15 is 0 Å². The van der Waals surface area contributed by atoms with Crippen LogP contribution in [0.25, 0.3) is 0 Å². The quantitative estimate of drug-likeness (QED) is 0.125. The summed E-state index contributed by atoms with van der Waals surface area (Å²) >= 11 is 0. The molecule has 0 heterocycles. The largest absolute Gasteiger partial charge is 0.460 e. The fourth-order valence-corrected chi connectivity index (χ4v) is 3.26. The highest BCUT2D eigenvalue weighted by Gasteiger charge is 2.85. The molecule has 0 amide bonds.